The molecular weight excluding hydrogens is 281 g/mol. The third kappa shape index (κ3) is 3.22. The number of anilines is 1. The molecule has 1 amide bonds. The van der Waals surface area contributed by atoms with Gasteiger partial charge in [0.2, 0.25) is 11.7 Å². The fourth-order valence-electron chi connectivity index (χ4n) is 1.60. The van der Waals surface area contributed by atoms with Gasteiger partial charge in [0.1, 0.15) is 0 Å². The van der Waals surface area contributed by atoms with Crippen LogP contribution in [0.4, 0.5) is 16.0 Å². The molecule has 2 rings (SSSR count). The Morgan fingerprint density at radius 2 is 2.14 bits per heavy atom. The maximum Gasteiger partial charge on any atom is 0.305 e. The lowest BCUT2D eigenvalue weighted by Gasteiger charge is -2.01. The molecule has 0 saturated heterocycles. The lowest BCUT2D eigenvalue weighted by atomic mass is 10.1. The molecule has 8 heteroatoms. The van der Waals surface area contributed by atoms with Crippen LogP contribution in [0.2, 0.25) is 0 Å². The second-order valence-corrected chi connectivity index (χ2v) is 4.65. The average molecular weight is 293 g/mol. The maximum atomic E-state index is 13.2. The molecule has 0 bridgehead atoms. The molecule has 1 heterocycles. The van der Waals surface area contributed by atoms with E-state index in [0.717, 1.165) is 18.2 Å². The highest BCUT2D eigenvalue weighted by atomic mass is 19.1. The van der Waals surface area contributed by atoms with Crippen LogP contribution >= 0.6 is 0 Å². The SMILES string of the molecule is CC(C)c1cc(NC(=O)c2ccc(F)c([N+](=O)[O-])c2)on1. The summed E-state index contributed by atoms with van der Waals surface area (Å²) >= 11 is 0. The molecule has 0 radical (unpaired) electrons. The smallest absolute Gasteiger partial charge is 0.305 e. The summed E-state index contributed by atoms with van der Waals surface area (Å²) in [5.41, 5.74) is -0.149. The number of amides is 1. The topological polar surface area (TPSA) is 98.3 Å². The largest absolute Gasteiger partial charge is 0.338 e. The minimum absolute atomic E-state index is 0.0504. The first-order valence-corrected chi connectivity index (χ1v) is 6.10. The Kier molecular flexibility index (Phi) is 3.97. The Morgan fingerprint density at radius 3 is 2.71 bits per heavy atom. The summed E-state index contributed by atoms with van der Waals surface area (Å²) in [7, 11) is 0. The quantitative estimate of drug-likeness (QED) is 0.689. The number of rotatable bonds is 4. The Balaban J connectivity index is 2.20. The van der Waals surface area contributed by atoms with E-state index in [2.05, 4.69) is 10.5 Å². The van der Waals surface area contributed by atoms with Crippen LogP contribution in [-0.2, 0) is 0 Å². The molecule has 0 aliphatic rings. The molecule has 110 valence electrons. The molecule has 0 unspecified atom stereocenters. The molecule has 0 aliphatic carbocycles. The van der Waals surface area contributed by atoms with Crippen molar-refractivity contribution in [3.63, 3.8) is 0 Å². The van der Waals surface area contributed by atoms with Gasteiger partial charge in [0, 0.05) is 17.7 Å². The fraction of sp³-hybridized carbons (Fsp3) is 0.231. The van der Waals surface area contributed by atoms with Crippen molar-refractivity contribution >= 4 is 17.5 Å². The number of carbonyl (C=O) groups is 1. The zero-order valence-corrected chi connectivity index (χ0v) is 11.3. The van der Waals surface area contributed by atoms with E-state index in [-0.39, 0.29) is 17.4 Å². The Labute approximate surface area is 118 Å². The lowest BCUT2D eigenvalue weighted by Crippen LogP contribution is -2.12. The minimum atomic E-state index is -1.00. The van der Waals surface area contributed by atoms with E-state index in [1.807, 2.05) is 13.8 Å². The second kappa shape index (κ2) is 5.70. The minimum Gasteiger partial charge on any atom is -0.338 e. The number of nitro groups is 1. The maximum absolute atomic E-state index is 13.2. The summed E-state index contributed by atoms with van der Waals surface area (Å²) in [6.07, 6.45) is 0. The van der Waals surface area contributed by atoms with Gasteiger partial charge < -0.3 is 4.52 Å². The molecule has 0 spiro atoms. The predicted octanol–water partition coefficient (Wildman–Crippen LogP) is 3.10. The van der Waals surface area contributed by atoms with Crippen molar-refractivity contribution in [3.8, 4) is 0 Å². The first-order valence-electron chi connectivity index (χ1n) is 6.10. The molecule has 1 N–H and O–H groups in total. The van der Waals surface area contributed by atoms with Gasteiger partial charge in [0.15, 0.2) is 0 Å². The number of nitro benzene ring substituents is 1. The van der Waals surface area contributed by atoms with Crippen molar-refractivity contribution in [2.75, 3.05) is 5.32 Å². The number of hydrogen-bond donors (Lipinski definition) is 1. The van der Waals surface area contributed by atoms with Crippen molar-refractivity contribution in [3.05, 3.63) is 51.5 Å². The van der Waals surface area contributed by atoms with Crippen molar-refractivity contribution < 1.29 is 18.6 Å². The van der Waals surface area contributed by atoms with Gasteiger partial charge in [-0.05, 0) is 18.1 Å². The lowest BCUT2D eigenvalue weighted by molar-refractivity contribution is -0.387. The first-order chi connectivity index (χ1) is 9.88. The zero-order chi connectivity index (χ0) is 15.6. The van der Waals surface area contributed by atoms with Crippen molar-refractivity contribution in [1.82, 2.24) is 5.16 Å². The van der Waals surface area contributed by atoms with Crippen molar-refractivity contribution in [1.29, 1.82) is 0 Å². The standard InChI is InChI=1S/C13H12FN3O4/c1-7(2)10-6-12(21-16-10)15-13(18)8-3-4-9(14)11(5-8)17(19)20/h3-7H,1-2H3,(H,15,18). The molecule has 0 fully saturated rings. The zero-order valence-electron chi connectivity index (χ0n) is 11.3. The van der Waals surface area contributed by atoms with Crippen LogP contribution < -0.4 is 5.32 Å². The summed E-state index contributed by atoms with van der Waals surface area (Å²) in [5, 5.41) is 16.8. The molecule has 7 nitrogen and oxygen atoms in total. The molecule has 0 atom stereocenters. The third-order valence-electron chi connectivity index (χ3n) is 2.76. The van der Waals surface area contributed by atoms with E-state index in [1.54, 1.807) is 6.07 Å². The van der Waals surface area contributed by atoms with Crippen LogP contribution in [0.3, 0.4) is 0 Å². The summed E-state index contributed by atoms with van der Waals surface area (Å²) in [6.45, 7) is 3.82. The number of halogens is 1. The van der Waals surface area contributed by atoms with Gasteiger partial charge in [-0.25, -0.2) is 0 Å². The highest BCUT2D eigenvalue weighted by molar-refractivity contribution is 6.03. The Hall–Kier alpha value is -2.77. The molecule has 2 aromatic rings. The fourth-order valence-corrected chi connectivity index (χ4v) is 1.60. The number of carbonyl (C=O) groups excluding carboxylic acids is 1. The van der Waals surface area contributed by atoms with Crippen LogP contribution in [0.25, 0.3) is 0 Å². The summed E-state index contributed by atoms with van der Waals surface area (Å²) in [6, 6.07) is 4.44. The predicted molar refractivity (Wildman–Crippen MR) is 71.6 cm³/mol. The number of hydrogen-bond acceptors (Lipinski definition) is 5. The van der Waals surface area contributed by atoms with E-state index in [0.29, 0.717) is 5.69 Å². The van der Waals surface area contributed by atoms with Gasteiger partial charge in [-0.3, -0.25) is 20.2 Å². The first kappa shape index (κ1) is 14.6. The Bertz CT molecular complexity index is 696. The van der Waals surface area contributed by atoms with E-state index in [1.165, 1.54) is 0 Å². The van der Waals surface area contributed by atoms with Gasteiger partial charge in [0.05, 0.1) is 10.6 Å². The molecule has 0 saturated carbocycles. The number of benzene rings is 1. The van der Waals surface area contributed by atoms with E-state index >= 15 is 0 Å². The van der Waals surface area contributed by atoms with E-state index < -0.39 is 22.3 Å². The van der Waals surface area contributed by atoms with Crippen LogP contribution in [0.1, 0.15) is 35.8 Å². The monoisotopic (exact) mass is 293 g/mol. The normalized spacial score (nSPS) is 10.7. The van der Waals surface area contributed by atoms with Crippen LogP contribution in [0.15, 0.2) is 28.8 Å². The number of aromatic nitrogens is 1. The third-order valence-corrected chi connectivity index (χ3v) is 2.76. The second-order valence-electron chi connectivity index (χ2n) is 4.65. The van der Waals surface area contributed by atoms with Crippen LogP contribution in [-0.4, -0.2) is 16.0 Å². The van der Waals surface area contributed by atoms with Crippen molar-refractivity contribution in [2.45, 2.75) is 19.8 Å². The summed E-state index contributed by atoms with van der Waals surface area (Å²) in [5.74, 6) is -1.40. The van der Waals surface area contributed by atoms with Gasteiger partial charge in [0.25, 0.3) is 5.91 Å². The van der Waals surface area contributed by atoms with Crippen molar-refractivity contribution in [2.24, 2.45) is 0 Å². The van der Waals surface area contributed by atoms with Gasteiger partial charge in [-0.15, -0.1) is 0 Å². The van der Waals surface area contributed by atoms with Crippen LogP contribution in [0, 0.1) is 15.9 Å². The van der Waals surface area contributed by atoms with Gasteiger partial charge in [-0.1, -0.05) is 19.0 Å². The summed E-state index contributed by atoms with van der Waals surface area (Å²) in [4.78, 5) is 21.7. The Morgan fingerprint density at radius 1 is 1.43 bits per heavy atom. The molecule has 21 heavy (non-hydrogen) atoms. The molecule has 0 aliphatic heterocycles. The molecule has 1 aromatic heterocycles. The number of nitrogens with one attached hydrogen (secondary N) is 1. The van der Waals surface area contributed by atoms with Gasteiger partial charge in [-0.2, -0.15) is 4.39 Å². The van der Waals surface area contributed by atoms with E-state index in [9.17, 15) is 19.3 Å². The van der Waals surface area contributed by atoms with Crippen LogP contribution in [0.5, 0.6) is 0 Å². The highest BCUT2D eigenvalue weighted by Crippen LogP contribution is 2.21. The highest BCUT2D eigenvalue weighted by Gasteiger charge is 2.18. The average Bonchev–Trinajstić information content (AvgIpc) is 2.87. The van der Waals surface area contributed by atoms with Gasteiger partial charge >= 0.3 is 5.69 Å². The number of nitrogens with zero attached hydrogens (tertiary/aromatic N) is 2. The van der Waals surface area contributed by atoms with E-state index in [4.69, 9.17) is 4.52 Å². The summed E-state index contributed by atoms with van der Waals surface area (Å²) < 4.78 is 18.1. The molecular formula is C13H12FN3O4. The molecule has 1 aromatic carbocycles.